The molecule has 7 heteroatoms. The summed E-state index contributed by atoms with van der Waals surface area (Å²) in [6.45, 7) is 7.43. The van der Waals surface area contributed by atoms with Crippen molar-refractivity contribution in [2.75, 3.05) is 5.32 Å². The molecule has 2 heterocycles. The Morgan fingerprint density at radius 1 is 1.28 bits per heavy atom. The molecule has 0 amide bonds. The molecule has 6 nitrogen and oxygen atoms in total. The summed E-state index contributed by atoms with van der Waals surface area (Å²) >= 11 is 1.59. The van der Waals surface area contributed by atoms with Gasteiger partial charge in [0.05, 0.1) is 13.1 Å². The van der Waals surface area contributed by atoms with Crippen molar-refractivity contribution in [3.8, 4) is 0 Å². The molecule has 2 aromatic heterocycles. The highest BCUT2D eigenvalue weighted by Gasteiger charge is 2.12. The van der Waals surface area contributed by atoms with Gasteiger partial charge >= 0.3 is 6.01 Å². The zero-order valence-electron chi connectivity index (χ0n) is 10.7. The first kappa shape index (κ1) is 13.0. The van der Waals surface area contributed by atoms with Crippen molar-refractivity contribution in [1.82, 2.24) is 20.5 Å². The van der Waals surface area contributed by atoms with Crippen LogP contribution in [0.4, 0.5) is 6.01 Å². The molecule has 0 spiro atoms. The zero-order chi connectivity index (χ0) is 13.0. The van der Waals surface area contributed by atoms with E-state index in [-0.39, 0.29) is 5.54 Å². The van der Waals surface area contributed by atoms with Crippen LogP contribution in [0.25, 0.3) is 0 Å². The van der Waals surface area contributed by atoms with Crippen LogP contribution in [0.5, 0.6) is 0 Å². The third kappa shape index (κ3) is 4.08. The molecular formula is C11H17N5OS. The van der Waals surface area contributed by atoms with Gasteiger partial charge in [0.2, 0.25) is 5.89 Å². The van der Waals surface area contributed by atoms with Crippen LogP contribution in [0.1, 0.15) is 31.7 Å². The number of nitrogens with zero attached hydrogens (tertiary/aromatic N) is 3. The van der Waals surface area contributed by atoms with Gasteiger partial charge in [-0.15, -0.1) is 16.4 Å². The second-order valence-electron chi connectivity index (χ2n) is 4.88. The minimum atomic E-state index is 0.0307. The van der Waals surface area contributed by atoms with Crippen LogP contribution in [0, 0.1) is 0 Å². The molecule has 0 aliphatic rings. The molecule has 2 rings (SSSR count). The number of nitrogens with one attached hydrogen (secondary N) is 2. The van der Waals surface area contributed by atoms with Crippen molar-refractivity contribution in [1.29, 1.82) is 0 Å². The molecule has 98 valence electrons. The lowest BCUT2D eigenvalue weighted by Crippen LogP contribution is -2.35. The Bertz CT molecular complexity index is 474. The fourth-order valence-electron chi connectivity index (χ4n) is 1.23. The van der Waals surface area contributed by atoms with Gasteiger partial charge in [0, 0.05) is 17.1 Å². The largest absolute Gasteiger partial charge is 0.407 e. The van der Waals surface area contributed by atoms with E-state index >= 15 is 0 Å². The lowest BCUT2D eigenvalue weighted by atomic mass is 10.1. The van der Waals surface area contributed by atoms with Crippen molar-refractivity contribution in [2.24, 2.45) is 0 Å². The maximum atomic E-state index is 5.46. The lowest BCUT2D eigenvalue weighted by molar-refractivity contribution is 0.383. The Morgan fingerprint density at radius 2 is 2.11 bits per heavy atom. The van der Waals surface area contributed by atoms with Gasteiger partial charge in [-0.3, -0.25) is 0 Å². The van der Waals surface area contributed by atoms with Crippen molar-refractivity contribution in [3.05, 3.63) is 22.5 Å². The summed E-state index contributed by atoms with van der Waals surface area (Å²) in [4.78, 5) is 4.16. The van der Waals surface area contributed by atoms with E-state index in [0.29, 0.717) is 25.0 Å². The molecule has 2 aromatic rings. The van der Waals surface area contributed by atoms with Crippen LogP contribution in [0.2, 0.25) is 0 Å². The smallest absolute Gasteiger partial charge is 0.315 e. The first-order chi connectivity index (χ1) is 8.53. The van der Waals surface area contributed by atoms with E-state index in [0.717, 1.165) is 5.01 Å². The maximum Gasteiger partial charge on any atom is 0.315 e. The van der Waals surface area contributed by atoms with Gasteiger partial charge in [-0.1, -0.05) is 5.10 Å². The van der Waals surface area contributed by atoms with Crippen molar-refractivity contribution >= 4 is 17.4 Å². The quantitative estimate of drug-likeness (QED) is 0.863. The highest BCUT2D eigenvalue weighted by Crippen LogP contribution is 2.10. The van der Waals surface area contributed by atoms with Gasteiger partial charge in [-0.05, 0) is 20.8 Å². The summed E-state index contributed by atoms with van der Waals surface area (Å²) in [5.74, 6) is 0.576. The van der Waals surface area contributed by atoms with E-state index in [1.54, 1.807) is 17.5 Å². The Labute approximate surface area is 110 Å². The molecule has 0 aliphatic heterocycles. The highest BCUT2D eigenvalue weighted by molar-refractivity contribution is 7.09. The van der Waals surface area contributed by atoms with Gasteiger partial charge in [-0.25, -0.2) is 4.98 Å². The fourth-order valence-corrected chi connectivity index (χ4v) is 1.78. The molecule has 0 fully saturated rings. The average molecular weight is 267 g/mol. The average Bonchev–Trinajstić information content (AvgIpc) is 2.94. The number of hydrogen-bond acceptors (Lipinski definition) is 7. The van der Waals surface area contributed by atoms with Crippen molar-refractivity contribution < 1.29 is 4.42 Å². The Hall–Kier alpha value is -1.47. The van der Waals surface area contributed by atoms with Gasteiger partial charge in [0.15, 0.2) is 0 Å². The van der Waals surface area contributed by atoms with Gasteiger partial charge in [-0.2, -0.15) is 0 Å². The van der Waals surface area contributed by atoms with E-state index < -0.39 is 0 Å². The topological polar surface area (TPSA) is 75.9 Å². The fraction of sp³-hybridized carbons (Fsp3) is 0.545. The number of anilines is 1. The predicted octanol–water partition coefficient (Wildman–Crippen LogP) is 2.03. The molecular weight excluding hydrogens is 250 g/mol. The van der Waals surface area contributed by atoms with Gasteiger partial charge in [0.25, 0.3) is 0 Å². The molecule has 0 saturated heterocycles. The molecule has 0 bridgehead atoms. The number of aromatic nitrogens is 3. The summed E-state index contributed by atoms with van der Waals surface area (Å²) in [7, 11) is 0. The van der Waals surface area contributed by atoms with Crippen LogP contribution in [-0.4, -0.2) is 20.7 Å². The standard InChI is InChI=1S/C11H17N5OS/c1-11(2,3)14-6-8-15-16-10(17-8)13-7-9-12-4-5-18-9/h4-5,14H,6-7H2,1-3H3,(H,13,16). The maximum absolute atomic E-state index is 5.46. The Morgan fingerprint density at radius 3 is 2.78 bits per heavy atom. The summed E-state index contributed by atoms with van der Waals surface area (Å²) in [6.07, 6.45) is 1.77. The SMILES string of the molecule is CC(C)(C)NCc1nnc(NCc2nccs2)o1. The minimum Gasteiger partial charge on any atom is -0.407 e. The van der Waals surface area contributed by atoms with E-state index in [1.807, 2.05) is 5.38 Å². The van der Waals surface area contributed by atoms with E-state index in [4.69, 9.17) is 4.42 Å². The minimum absolute atomic E-state index is 0.0307. The molecule has 0 aromatic carbocycles. The first-order valence-electron chi connectivity index (χ1n) is 5.72. The van der Waals surface area contributed by atoms with Crippen LogP contribution < -0.4 is 10.6 Å². The highest BCUT2D eigenvalue weighted by atomic mass is 32.1. The monoisotopic (exact) mass is 267 g/mol. The number of thiazole rings is 1. The molecule has 0 atom stereocenters. The van der Waals surface area contributed by atoms with Crippen LogP contribution in [0.15, 0.2) is 16.0 Å². The molecule has 0 radical (unpaired) electrons. The second kappa shape index (κ2) is 5.45. The van der Waals surface area contributed by atoms with Crippen LogP contribution in [0.3, 0.4) is 0 Å². The first-order valence-corrected chi connectivity index (χ1v) is 6.60. The summed E-state index contributed by atoms with van der Waals surface area (Å²) < 4.78 is 5.46. The van der Waals surface area contributed by atoms with Crippen LogP contribution >= 0.6 is 11.3 Å². The Kier molecular flexibility index (Phi) is 3.93. The number of hydrogen-bond donors (Lipinski definition) is 2. The predicted molar refractivity (Wildman–Crippen MR) is 70.3 cm³/mol. The van der Waals surface area contributed by atoms with E-state index in [2.05, 4.69) is 46.6 Å². The lowest BCUT2D eigenvalue weighted by Gasteiger charge is -2.18. The Balaban J connectivity index is 1.82. The van der Waals surface area contributed by atoms with E-state index in [1.165, 1.54) is 0 Å². The third-order valence-corrected chi connectivity index (χ3v) is 2.89. The number of rotatable bonds is 5. The molecule has 2 N–H and O–H groups in total. The van der Waals surface area contributed by atoms with Crippen molar-refractivity contribution in [3.63, 3.8) is 0 Å². The molecule has 0 aliphatic carbocycles. The second-order valence-corrected chi connectivity index (χ2v) is 5.86. The summed E-state index contributed by atoms with van der Waals surface area (Å²) in [6, 6.07) is 0.427. The normalized spacial score (nSPS) is 11.7. The molecule has 0 unspecified atom stereocenters. The third-order valence-electron chi connectivity index (χ3n) is 2.11. The summed E-state index contributed by atoms with van der Waals surface area (Å²) in [5.41, 5.74) is 0.0307. The molecule has 18 heavy (non-hydrogen) atoms. The van der Waals surface area contributed by atoms with Crippen LogP contribution in [-0.2, 0) is 13.1 Å². The molecule has 0 saturated carbocycles. The zero-order valence-corrected chi connectivity index (χ0v) is 11.5. The van der Waals surface area contributed by atoms with E-state index in [9.17, 15) is 0 Å². The summed E-state index contributed by atoms with van der Waals surface area (Å²) in [5, 5.41) is 17.1. The van der Waals surface area contributed by atoms with Crippen molar-refractivity contribution in [2.45, 2.75) is 39.4 Å². The van der Waals surface area contributed by atoms with Gasteiger partial charge in [0.1, 0.15) is 5.01 Å². The van der Waals surface area contributed by atoms with Gasteiger partial charge < -0.3 is 15.1 Å².